The first-order chi connectivity index (χ1) is 11.1. The zero-order valence-electron chi connectivity index (χ0n) is 12.8. The molecule has 2 aromatic rings. The molecule has 0 radical (unpaired) electrons. The predicted molar refractivity (Wildman–Crippen MR) is 85.3 cm³/mol. The molecule has 23 heavy (non-hydrogen) atoms. The Morgan fingerprint density at radius 1 is 0.826 bits per heavy atom. The van der Waals surface area contributed by atoms with E-state index in [0.717, 1.165) is 31.5 Å². The van der Waals surface area contributed by atoms with Crippen LogP contribution in [-0.2, 0) is 6.18 Å². The molecule has 3 rings (SSSR count). The fourth-order valence-electron chi connectivity index (χ4n) is 3.45. The molecule has 4 heteroatoms. The van der Waals surface area contributed by atoms with Crippen molar-refractivity contribution in [2.24, 2.45) is 5.92 Å². The highest BCUT2D eigenvalue weighted by atomic mass is 19.4. The van der Waals surface area contributed by atoms with Crippen molar-refractivity contribution in [3.05, 3.63) is 71.3 Å². The first-order valence-corrected chi connectivity index (χ1v) is 7.98. The fraction of sp³-hybridized carbons (Fsp3) is 0.368. The number of piperidine rings is 1. The maximum absolute atomic E-state index is 12.8. The summed E-state index contributed by atoms with van der Waals surface area (Å²) in [6, 6.07) is 15.8. The lowest BCUT2D eigenvalue weighted by atomic mass is 9.76. The average molecular weight is 319 g/mol. The van der Waals surface area contributed by atoms with Crippen LogP contribution in [-0.4, -0.2) is 13.1 Å². The maximum atomic E-state index is 12.8. The summed E-state index contributed by atoms with van der Waals surface area (Å²) in [5, 5.41) is 3.35. The van der Waals surface area contributed by atoms with Crippen molar-refractivity contribution in [2.45, 2.75) is 24.9 Å². The van der Waals surface area contributed by atoms with Crippen molar-refractivity contribution < 1.29 is 13.2 Å². The molecule has 0 aliphatic carbocycles. The SMILES string of the molecule is FC(F)(F)c1ccc([C@H](c2ccccc2)C2CCNCC2)cc1. The van der Waals surface area contributed by atoms with Gasteiger partial charge in [-0.2, -0.15) is 13.2 Å². The van der Waals surface area contributed by atoms with Crippen molar-refractivity contribution in [2.75, 3.05) is 13.1 Å². The summed E-state index contributed by atoms with van der Waals surface area (Å²) >= 11 is 0. The number of hydrogen-bond acceptors (Lipinski definition) is 1. The normalized spacial score (nSPS) is 17.9. The van der Waals surface area contributed by atoms with Gasteiger partial charge in [0.1, 0.15) is 0 Å². The molecule has 1 N–H and O–H groups in total. The van der Waals surface area contributed by atoms with Crippen LogP contribution in [0.4, 0.5) is 13.2 Å². The third-order valence-corrected chi connectivity index (χ3v) is 4.61. The zero-order chi connectivity index (χ0) is 16.3. The van der Waals surface area contributed by atoms with Crippen LogP contribution in [0.5, 0.6) is 0 Å². The Balaban J connectivity index is 1.94. The molecule has 0 saturated carbocycles. The highest BCUT2D eigenvalue weighted by Gasteiger charge is 2.31. The van der Waals surface area contributed by atoms with Crippen molar-refractivity contribution in [1.82, 2.24) is 5.32 Å². The molecule has 2 aromatic carbocycles. The van der Waals surface area contributed by atoms with E-state index in [0.29, 0.717) is 5.92 Å². The van der Waals surface area contributed by atoms with E-state index in [9.17, 15) is 13.2 Å². The van der Waals surface area contributed by atoms with Crippen LogP contribution in [0.1, 0.15) is 35.4 Å². The minimum Gasteiger partial charge on any atom is -0.317 e. The molecule has 0 unspecified atom stereocenters. The Morgan fingerprint density at radius 3 is 1.96 bits per heavy atom. The topological polar surface area (TPSA) is 12.0 Å². The summed E-state index contributed by atoms with van der Waals surface area (Å²) in [6.45, 7) is 1.93. The van der Waals surface area contributed by atoms with Gasteiger partial charge >= 0.3 is 6.18 Å². The van der Waals surface area contributed by atoms with Gasteiger partial charge in [0.15, 0.2) is 0 Å². The number of benzene rings is 2. The second kappa shape index (κ2) is 6.75. The van der Waals surface area contributed by atoms with E-state index < -0.39 is 11.7 Å². The molecule has 1 saturated heterocycles. The number of halogens is 3. The quantitative estimate of drug-likeness (QED) is 0.854. The Bertz CT molecular complexity index is 613. The maximum Gasteiger partial charge on any atom is 0.416 e. The smallest absolute Gasteiger partial charge is 0.317 e. The first-order valence-electron chi connectivity index (χ1n) is 7.98. The zero-order valence-corrected chi connectivity index (χ0v) is 12.8. The van der Waals surface area contributed by atoms with Crippen LogP contribution in [0.25, 0.3) is 0 Å². The van der Waals surface area contributed by atoms with E-state index in [4.69, 9.17) is 0 Å². The highest BCUT2D eigenvalue weighted by Crippen LogP contribution is 2.38. The summed E-state index contributed by atoms with van der Waals surface area (Å²) in [4.78, 5) is 0. The lowest BCUT2D eigenvalue weighted by molar-refractivity contribution is -0.137. The lowest BCUT2D eigenvalue weighted by Gasteiger charge is -2.31. The Morgan fingerprint density at radius 2 is 1.39 bits per heavy atom. The fourth-order valence-corrected chi connectivity index (χ4v) is 3.45. The minimum atomic E-state index is -4.28. The van der Waals surface area contributed by atoms with Crippen molar-refractivity contribution >= 4 is 0 Å². The molecule has 1 heterocycles. The van der Waals surface area contributed by atoms with Gasteiger partial charge < -0.3 is 5.32 Å². The van der Waals surface area contributed by atoms with Crippen LogP contribution >= 0.6 is 0 Å². The van der Waals surface area contributed by atoms with Crippen LogP contribution in [0.2, 0.25) is 0 Å². The van der Waals surface area contributed by atoms with Gasteiger partial charge in [0, 0.05) is 5.92 Å². The molecular formula is C19H20F3N. The Labute approximate surface area is 134 Å². The van der Waals surface area contributed by atoms with E-state index in [1.54, 1.807) is 12.1 Å². The molecule has 1 aliphatic rings. The predicted octanol–water partition coefficient (Wildman–Crippen LogP) is 4.84. The largest absolute Gasteiger partial charge is 0.416 e. The monoisotopic (exact) mass is 319 g/mol. The van der Waals surface area contributed by atoms with E-state index in [1.165, 1.54) is 17.7 Å². The van der Waals surface area contributed by atoms with Crippen LogP contribution in [0, 0.1) is 5.92 Å². The molecule has 0 aromatic heterocycles. The first kappa shape index (κ1) is 16.1. The van der Waals surface area contributed by atoms with Crippen molar-refractivity contribution in [1.29, 1.82) is 0 Å². The summed E-state index contributed by atoms with van der Waals surface area (Å²) in [5.74, 6) is 0.607. The second-order valence-corrected chi connectivity index (χ2v) is 6.10. The van der Waals surface area contributed by atoms with Gasteiger partial charge in [-0.25, -0.2) is 0 Å². The molecular weight excluding hydrogens is 299 g/mol. The molecule has 1 atom stereocenters. The third-order valence-electron chi connectivity index (χ3n) is 4.61. The highest BCUT2D eigenvalue weighted by molar-refractivity contribution is 5.35. The van der Waals surface area contributed by atoms with Crippen molar-refractivity contribution in [3.63, 3.8) is 0 Å². The molecule has 122 valence electrons. The lowest BCUT2D eigenvalue weighted by Crippen LogP contribution is -2.31. The number of rotatable bonds is 3. The second-order valence-electron chi connectivity index (χ2n) is 6.10. The van der Waals surface area contributed by atoms with E-state index >= 15 is 0 Å². The minimum absolute atomic E-state index is 0.153. The van der Waals surface area contributed by atoms with Gasteiger partial charge in [0.2, 0.25) is 0 Å². The van der Waals surface area contributed by atoms with E-state index in [2.05, 4.69) is 17.4 Å². The molecule has 1 aliphatic heterocycles. The number of nitrogens with one attached hydrogen (secondary N) is 1. The Kier molecular flexibility index (Phi) is 4.71. The van der Waals surface area contributed by atoms with E-state index in [-0.39, 0.29) is 5.92 Å². The van der Waals surface area contributed by atoms with Gasteiger partial charge in [-0.1, -0.05) is 42.5 Å². The summed E-state index contributed by atoms with van der Waals surface area (Å²) < 4.78 is 38.4. The number of hydrogen-bond donors (Lipinski definition) is 1. The Hall–Kier alpha value is -1.81. The molecule has 1 fully saturated rings. The van der Waals surface area contributed by atoms with Crippen LogP contribution in [0.3, 0.4) is 0 Å². The molecule has 0 amide bonds. The molecule has 0 bridgehead atoms. The van der Waals surface area contributed by atoms with Gasteiger partial charge in [-0.05, 0) is 55.1 Å². The van der Waals surface area contributed by atoms with Crippen LogP contribution in [0.15, 0.2) is 54.6 Å². The summed E-state index contributed by atoms with van der Waals surface area (Å²) in [7, 11) is 0. The van der Waals surface area contributed by atoms with Crippen LogP contribution < -0.4 is 5.32 Å². The summed E-state index contributed by atoms with van der Waals surface area (Å²) in [6.07, 6.45) is -2.20. The van der Waals surface area contributed by atoms with Gasteiger partial charge in [-0.15, -0.1) is 0 Å². The summed E-state index contributed by atoms with van der Waals surface area (Å²) in [5.41, 5.74) is 1.56. The van der Waals surface area contributed by atoms with Crippen molar-refractivity contribution in [3.8, 4) is 0 Å². The number of alkyl halides is 3. The molecule has 0 spiro atoms. The third kappa shape index (κ3) is 3.75. The van der Waals surface area contributed by atoms with Gasteiger partial charge in [0.25, 0.3) is 0 Å². The van der Waals surface area contributed by atoms with Gasteiger partial charge in [-0.3, -0.25) is 0 Å². The van der Waals surface area contributed by atoms with E-state index in [1.807, 2.05) is 18.2 Å². The standard InChI is InChI=1S/C19H20F3N/c20-19(21,22)17-8-6-15(7-9-17)18(14-4-2-1-3-5-14)16-10-12-23-13-11-16/h1-9,16,18,23H,10-13H2/t18-/m0/s1. The average Bonchev–Trinajstić information content (AvgIpc) is 2.57. The molecule has 1 nitrogen and oxygen atoms in total. The van der Waals surface area contributed by atoms with Gasteiger partial charge in [0.05, 0.1) is 5.56 Å².